The summed E-state index contributed by atoms with van der Waals surface area (Å²) in [6.45, 7) is 2.88. The molecule has 0 aromatic carbocycles. The van der Waals surface area contributed by atoms with Crippen molar-refractivity contribution in [1.29, 1.82) is 0 Å². The zero-order valence-corrected chi connectivity index (χ0v) is 9.28. The van der Waals surface area contributed by atoms with Gasteiger partial charge in [-0.3, -0.25) is 0 Å². The molecule has 3 fully saturated rings. The van der Waals surface area contributed by atoms with E-state index in [4.69, 9.17) is 9.47 Å². The van der Waals surface area contributed by atoms with Gasteiger partial charge in [0.15, 0.2) is 0 Å². The Morgan fingerprint density at radius 1 is 0.867 bits per heavy atom. The molecule has 2 aliphatic heterocycles. The summed E-state index contributed by atoms with van der Waals surface area (Å²) in [5.74, 6) is 0.849. The lowest BCUT2D eigenvalue weighted by Crippen LogP contribution is -2.40. The first-order chi connectivity index (χ1) is 7.42. The van der Waals surface area contributed by atoms with Crippen LogP contribution in [-0.4, -0.2) is 38.0 Å². The van der Waals surface area contributed by atoms with E-state index in [1.165, 1.54) is 32.1 Å². The molecule has 15 heavy (non-hydrogen) atoms. The third-order valence-electron chi connectivity index (χ3n) is 4.14. The van der Waals surface area contributed by atoms with Crippen LogP contribution in [0.3, 0.4) is 0 Å². The monoisotopic (exact) mass is 211 g/mol. The Morgan fingerprint density at radius 3 is 2.53 bits per heavy atom. The van der Waals surface area contributed by atoms with Gasteiger partial charge in [-0.25, -0.2) is 0 Å². The fourth-order valence-electron chi connectivity index (χ4n) is 3.30. The highest BCUT2D eigenvalue weighted by molar-refractivity contribution is 4.92. The van der Waals surface area contributed by atoms with E-state index >= 15 is 0 Å². The minimum atomic E-state index is 0.572. The summed E-state index contributed by atoms with van der Waals surface area (Å²) in [4.78, 5) is 0. The lowest BCUT2D eigenvalue weighted by molar-refractivity contribution is 0.0719. The second-order valence-electron chi connectivity index (χ2n) is 5.18. The van der Waals surface area contributed by atoms with Crippen LogP contribution in [0.2, 0.25) is 0 Å². The van der Waals surface area contributed by atoms with Crippen molar-refractivity contribution in [2.24, 2.45) is 5.92 Å². The molecule has 86 valence electrons. The molecule has 3 rings (SSSR count). The summed E-state index contributed by atoms with van der Waals surface area (Å²) < 4.78 is 11.1. The van der Waals surface area contributed by atoms with E-state index in [0.717, 1.165) is 25.7 Å². The maximum atomic E-state index is 5.73. The zero-order valence-electron chi connectivity index (χ0n) is 9.28. The van der Waals surface area contributed by atoms with E-state index in [9.17, 15) is 0 Å². The second kappa shape index (κ2) is 4.40. The molecular formula is C12H21NO2. The molecule has 1 saturated carbocycles. The molecule has 3 aliphatic rings. The Balaban J connectivity index is 1.48. The fourth-order valence-corrected chi connectivity index (χ4v) is 3.30. The van der Waals surface area contributed by atoms with Crippen LogP contribution in [0.1, 0.15) is 32.1 Å². The first kappa shape index (κ1) is 10.1. The van der Waals surface area contributed by atoms with Gasteiger partial charge in [0, 0.05) is 31.9 Å². The van der Waals surface area contributed by atoms with E-state index in [-0.39, 0.29) is 0 Å². The standard InChI is InChI=1S/C12H21NO2/c1-6-15-12-8-11(7-9(1)12)13-10-2-4-14-5-3-10/h9-13H,1-8H2/t9-,11+,12-/m1/s1. The van der Waals surface area contributed by atoms with Gasteiger partial charge in [-0.05, 0) is 38.0 Å². The van der Waals surface area contributed by atoms with Crippen molar-refractivity contribution in [2.75, 3.05) is 19.8 Å². The molecule has 0 spiro atoms. The number of fused-ring (bicyclic) bond motifs is 1. The molecule has 2 saturated heterocycles. The molecular weight excluding hydrogens is 190 g/mol. The highest BCUT2D eigenvalue weighted by Crippen LogP contribution is 2.36. The zero-order chi connectivity index (χ0) is 10.1. The van der Waals surface area contributed by atoms with Crippen LogP contribution >= 0.6 is 0 Å². The van der Waals surface area contributed by atoms with Gasteiger partial charge in [-0.2, -0.15) is 0 Å². The second-order valence-corrected chi connectivity index (χ2v) is 5.18. The average molecular weight is 211 g/mol. The quantitative estimate of drug-likeness (QED) is 0.747. The van der Waals surface area contributed by atoms with Crippen LogP contribution in [0, 0.1) is 5.92 Å². The number of ether oxygens (including phenoxy) is 2. The summed E-state index contributed by atoms with van der Waals surface area (Å²) in [6, 6.07) is 1.41. The smallest absolute Gasteiger partial charge is 0.0619 e. The predicted molar refractivity (Wildman–Crippen MR) is 57.8 cm³/mol. The molecule has 0 radical (unpaired) electrons. The molecule has 0 aromatic heterocycles. The van der Waals surface area contributed by atoms with Crippen molar-refractivity contribution >= 4 is 0 Å². The summed E-state index contributed by atoms with van der Waals surface area (Å²) in [5.41, 5.74) is 0. The predicted octanol–water partition coefficient (Wildman–Crippen LogP) is 1.32. The number of hydrogen-bond acceptors (Lipinski definition) is 3. The Bertz CT molecular complexity index is 204. The van der Waals surface area contributed by atoms with Crippen molar-refractivity contribution < 1.29 is 9.47 Å². The van der Waals surface area contributed by atoms with E-state index in [1.807, 2.05) is 0 Å². The average Bonchev–Trinajstić information content (AvgIpc) is 2.79. The van der Waals surface area contributed by atoms with E-state index in [0.29, 0.717) is 18.2 Å². The Hall–Kier alpha value is -0.120. The summed E-state index contributed by atoms with van der Waals surface area (Å²) >= 11 is 0. The SMILES string of the molecule is C1CC(N[C@H]2C[C@H]3CCO[C@@H]3C2)CCO1. The van der Waals surface area contributed by atoms with Crippen molar-refractivity contribution in [2.45, 2.75) is 50.3 Å². The molecule has 0 bridgehead atoms. The normalized spacial score (nSPS) is 42.0. The number of nitrogens with one attached hydrogen (secondary N) is 1. The highest BCUT2D eigenvalue weighted by atomic mass is 16.5. The maximum absolute atomic E-state index is 5.73. The van der Waals surface area contributed by atoms with Crippen LogP contribution in [0.25, 0.3) is 0 Å². The van der Waals surface area contributed by atoms with Gasteiger partial charge >= 0.3 is 0 Å². The third-order valence-corrected chi connectivity index (χ3v) is 4.14. The Morgan fingerprint density at radius 2 is 1.73 bits per heavy atom. The third kappa shape index (κ3) is 2.19. The molecule has 1 N–H and O–H groups in total. The maximum Gasteiger partial charge on any atom is 0.0619 e. The largest absolute Gasteiger partial charge is 0.381 e. The van der Waals surface area contributed by atoms with Gasteiger partial charge in [0.25, 0.3) is 0 Å². The van der Waals surface area contributed by atoms with Gasteiger partial charge in [-0.1, -0.05) is 0 Å². The van der Waals surface area contributed by atoms with Crippen LogP contribution in [0.15, 0.2) is 0 Å². The molecule has 0 unspecified atom stereocenters. The first-order valence-corrected chi connectivity index (χ1v) is 6.37. The molecule has 0 aromatic rings. The molecule has 1 aliphatic carbocycles. The lowest BCUT2D eigenvalue weighted by Gasteiger charge is -2.26. The Labute approximate surface area is 91.5 Å². The Kier molecular flexibility index (Phi) is 2.95. The summed E-state index contributed by atoms with van der Waals surface area (Å²) in [7, 11) is 0. The van der Waals surface area contributed by atoms with E-state index in [2.05, 4.69) is 5.32 Å². The van der Waals surface area contributed by atoms with E-state index < -0.39 is 0 Å². The molecule has 3 nitrogen and oxygen atoms in total. The van der Waals surface area contributed by atoms with Gasteiger partial charge in [-0.15, -0.1) is 0 Å². The lowest BCUT2D eigenvalue weighted by atomic mass is 10.0. The van der Waals surface area contributed by atoms with Crippen molar-refractivity contribution in [1.82, 2.24) is 5.32 Å². The molecule has 2 heterocycles. The van der Waals surface area contributed by atoms with Crippen LogP contribution in [-0.2, 0) is 9.47 Å². The van der Waals surface area contributed by atoms with Gasteiger partial charge in [0.1, 0.15) is 0 Å². The van der Waals surface area contributed by atoms with Gasteiger partial charge < -0.3 is 14.8 Å². The van der Waals surface area contributed by atoms with Crippen LogP contribution in [0.4, 0.5) is 0 Å². The number of rotatable bonds is 2. The minimum Gasteiger partial charge on any atom is -0.381 e. The van der Waals surface area contributed by atoms with Gasteiger partial charge in [0.2, 0.25) is 0 Å². The molecule has 0 amide bonds. The topological polar surface area (TPSA) is 30.5 Å². The van der Waals surface area contributed by atoms with Crippen LogP contribution in [0.5, 0.6) is 0 Å². The molecule has 3 heteroatoms. The number of hydrogen-bond donors (Lipinski definition) is 1. The van der Waals surface area contributed by atoms with Crippen molar-refractivity contribution in [3.05, 3.63) is 0 Å². The van der Waals surface area contributed by atoms with Crippen molar-refractivity contribution in [3.63, 3.8) is 0 Å². The highest BCUT2D eigenvalue weighted by Gasteiger charge is 2.38. The fraction of sp³-hybridized carbons (Fsp3) is 1.00. The summed E-state index contributed by atoms with van der Waals surface area (Å²) in [6.07, 6.45) is 6.81. The van der Waals surface area contributed by atoms with E-state index in [1.54, 1.807) is 0 Å². The molecule has 3 atom stereocenters. The minimum absolute atomic E-state index is 0.572. The first-order valence-electron chi connectivity index (χ1n) is 6.37. The van der Waals surface area contributed by atoms with Gasteiger partial charge in [0.05, 0.1) is 6.10 Å². The van der Waals surface area contributed by atoms with Crippen LogP contribution < -0.4 is 5.32 Å². The van der Waals surface area contributed by atoms with Crippen molar-refractivity contribution in [3.8, 4) is 0 Å². The summed E-state index contributed by atoms with van der Waals surface area (Å²) in [5, 5.41) is 3.79.